The Labute approximate surface area is 111 Å². The molecular formula is C14H17N3O2. The van der Waals surface area contributed by atoms with Gasteiger partial charge in [0, 0.05) is 5.56 Å². The molecule has 1 aromatic heterocycles. The van der Waals surface area contributed by atoms with E-state index in [0.29, 0.717) is 11.6 Å². The number of aliphatic carboxylic acids is 1. The van der Waals surface area contributed by atoms with Crippen LogP contribution in [0.5, 0.6) is 0 Å². The molecule has 2 aromatic rings. The molecule has 0 saturated heterocycles. The van der Waals surface area contributed by atoms with Crippen molar-refractivity contribution < 1.29 is 9.90 Å². The molecular weight excluding hydrogens is 242 g/mol. The van der Waals surface area contributed by atoms with Crippen molar-refractivity contribution in [3.05, 3.63) is 36.0 Å². The maximum Gasteiger partial charge on any atom is 0.328 e. The Morgan fingerprint density at radius 1 is 1.21 bits per heavy atom. The van der Waals surface area contributed by atoms with Crippen LogP contribution in [0.15, 0.2) is 30.5 Å². The molecule has 1 atom stereocenters. The molecule has 0 aliphatic heterocycles. The molecule has 19 heavy (non-hydrogen) atoms. The molecule has 0 fully saturated rings. The fourth-order valence-electron chi connectivity index (χ4n) is 1.88. The third-order valence-electron chi connectivity index (χ3n) is 3.17. The van der Waals surface area contributed by atoms with E-state index in [2.05, 4.69) is 24.2 Å². The number of aromatic nitrogens is 3. The van der Waals surface area contributed by atoms with Crippen molar-refractivity contribution in [1.82, 2.24) is 15.0 Å². The van der Waals surface area contributed by atoms with E-state index in [-0.39, 0.29) is 0 Å². The molecule has 0 aliphatic rings. The zero-order valence-corrected chi connectivity index (χ0v) is 11.2. The first-order valence-corrected chi connectivity index (χ1v) is 6.24. The molecule has 0 aliphatic carbocycles. The number of carboxylic acids is 1. The molecule has 0 bridgehead atoms. The van der Waals surface area contributed by atoms with Gasteiger partial charge < -0.3 is 5.11 Å². The van der Waals surface area contributed by atoms with Crippen LogP contribution in [0.1, 0.15) is 38.3 Å². The minimum Gasteiger partial charge on any atom is -0.480 e. The van der Waals surface area contributed by atoms with Gasteiger partial charge in [-0.15, -0.1) is 5.10 Å². The zero-order valence-electron chi connectivity index (χ0n) is 11.2. The summed E-state index contributed by atoms with van der Waals surface area (Å²) in [4.78, 5) is 11.0. The average molecular weight is 259 g/mol. The van der Waals surface area contributed by atoms with Gasteiger partial charge in [0.1, 0.15) is 6.04 Å². The molecule has 0 radical (unpaired) electrons. The number of nitrogens with zero attached hydrogens (tertiary/aromatic N) is 3. The Hall–Kier alpha value is -2.17. The Morgan fingerprint density at radius 2 is 1.84 bits per heavy atom. The standard InChI is InChI=1S/C14H17N3O2/c1-9(2)11-4-6-12(7-5-11)13-8-15-16-17(13)10(3)14(18)19/h4-10H,1-3H3,(H,18,19). The highest BCUT2D eigenvalue weighted by Crippen LogP contribution is 2.23. The monoisotopic (exact) mass is 259 g/mol. The van der Waals surface area contributed by atoms with Crippen LogP contribution in [0.2, 0.25) is 0 Å². The van der Waals surface area contributed by atoms with Gasteiger partial charge in [-0.2, -0.15) is 0 Å². The van der Waals surface area contributed by atoms with Crippen molar-refractivity contribution >= 4 is 5.97 Å². The summed E-state index contributed by atoms with van der Waals surface area (Å²) in [6, 6.07) is 7.30. The minimum atomic E-state index is -0.925. The smallest absolute Gasteiger partial charge is 0.328 e. The van der Waals surface area contributed by atoms with Crippen LogP contribution in [-0.2, 0) is 4.79 Å². The van der Waals surface area contributed by atoms with Crippen LogP contribution in [-0.4, -0.2) is 26.1 Å². The van der Waals surface area contributed by atoms with Crippen LogP contribution in [0.3, 0.4) is 0 Å². The second-order valence-corrected chi connectivity index (χ2v) is 4.85. The summed E-state index contributed by atoms with van der Waals surface area (Å²) in [5.41, 5.74) is 2.88. The Morgan fingerprint density at radius 3 is 2.37 bits per heavy atom. The third-order valence-corrected chi connectivity index (χ3v) is 3.17. The van der Waals surface area contributed by atoms with Crippen LogP contribution in [0, 0.1) is 0 Å². The number of carboxylic acid groups (broad SMARTS) is 1. The molecule has 2 rings (SSSR count). The molecule has 5 nitrogen and oxygen atoms in total. The molecule has 1 aromatic carbocycles. The van der Waals surface area contributed by atoms with E-state index >= 15 is 0 Å². The van der Waals surface area contributed by atoms with Gasteiger partial charge >= 0.3 is 5.97 Å². The van der Waals surface area contributed by atoms with Crippen molar-refractivity contribution in [1.29, 1.82) is 0 Å². The summed E-state index contributed by atoms with van der Waals surface area (Å²) in [5, 5.41) is 16.7. The molecule has 0 saturated carbocycles. The van der Waals surface area contributed by atoms with Gasteiger partial charge in [0.2, 0.25) is 0 Å². The maximum absolute atomic E-state index is 11.0. The second-order valence-electron chi connectivity index (χ2n) is 4.85. The highest BCUT2D eigenvalue weighted by molar-refractivity contribution is 5.72. The quantitative estimate of drug-likeness (QED) is 0.916. The average Bonchev–Trinajstić information content (AvgIpc) is 2.86. The van der Waals surface area contributed by atoms with E-state index in [9.17, 15) is 4.79 Å². The molecule has 5 heteroatoms. The topological polar surface area (TPSA) is 68.0 Å². The van der Waals surface area contributed by atoms with Crippen molar-refractivity contribution in [2.45, 2.75) is 32.7 Å². The predicted molar refractivity (Wildman–Crippen MR) is 71.9 cm³/mol. The van der Waals surface area contributed by atoms with E-state index in [1.165, 1.54) is 10.2 Å². The first-order chi connectivity index (χ1) is 9.00. The number of carbonyl (C=O) groups is 1. The van der Waals surface area contributed by atoms with Crippen LogP contribution >= 0.6 is 0 Å². The normalized spacial score (nSPS) is 12.6. The largest absolute Gasteiger partial charge is 0.480 e. The van der Waals surface area contributed by atoms with Gasteiger partial charge in [-0.1, -0.05) is 43.3 Å². The van der Waals surface area contributed by atoms with Crippen molar-refractivity contribution in [3.8, 4) is 11.3 Å². The number of hydrogen-bond donors (Lipinski definition) is 1. The van der Waals surface area contributed by atoms with Gasteiger partial charge in [0.15, 0.2) is 0 Å². The van der Waals surface area contributed by atoms with E-state index in [0.717, 1.165) is 5.56 Å². The fraction of sp³-hybridized carbons (Fsp3) is 0.357. The maximum atomic E-state index is 11.0. The van der Waals surface area contributed by atoms with E-state index < -0.39 is 12.0 Å². The molecule has 0 spiro atoms. The highest BCUT2D eigenvalue weighted by atomic mass is 16.4. The third kappa shape index (κ3) is 2.65. The predicted octanol–water partition coefficient (Wildman–Crippen LogP) is 2.71. The fourth-order valence-corrected chi connectivity index (χ4v) is 1.88. The Kier molecular flexibility index (Phi) is 3.64. The van der Waals surface area contributed by atoms with Crippen LogP contribution < -0.4 is 0 Å². The van der Waals surface area contributed by atoms with E-state index in [1.807, 2.05) is 24.3 Å². The van der Waals surface area contributed by atoms with Gasteiger partial charge in [0.25, 0.3) is 0 Å². The van der Waals surface area contributed by atoms with Crippen LogP contribution in [0.25, 0.3) is 11.3 Å². The summed E-state index contributed by atoms with van der Waals surface area (Å²) in [5.74, 6) is -0.458. The molecule has 1 unspecified atom stereocenters. The van der Waals surface area contributed by atoms with E-state index in [1.54, 1.807) is 13.1 Å². The lowest BCUT2D eigenvalue weighted by Crippen LogP contribution is -2.17. The molecule has 100 valence electrons. The number of rotatable bonds is 4. The first kappa shape index (κ1) is 13.3. The van der Waals surface area contributed by atoms with Gasteiger partial charge in [-0.25, -0.2) is 9.48 Å². The molecule has 0 amide bonds. The number of hydrogen-bond acceptors (Lipinski definition) is 3. The summed E-state index contributed by atoms with van der Waals surface area (Å²) >= 11 is 0. The lowest BCUT2D eigenvalue weighted by atomic mass is 10.0. The van der Waals surface area contributed by atoms with Gasteiger partial charge in [0.05, 0.1) is 11.9 Å². The molecule has 1 heterocycles. The highest BCUT2D eigenvalue weighted by Gasteiger charge is 2.18. The Balaban J connectivity index is 2.37. The minimum absolute atomic E-state index is 0.468. The summed E-state index contributed by atoms with van der Waals surface area (Å²) < 4.78 is 1.42. The lowest BCUT2D eigenvalue weighted by Gasteiger charge is -2.11. The molecule has 1 N–H and O–H groups in total. The summed E-state index contributed by atoms with van der Waals surface area (Å²) in [6.45, 7) is 5.85. The number of benzene rings is 1. The van der Waals surface area contributed by atoms with Gasteiger partial charge in [-0.3, -0.25) is 0 Å². The van der Waals surface area contributed by atoms with Gasteiger partial charge in [-0.05, 0) is 18.4 Å². The zero-order chi connectivity index (χ0) is 14.0. The van der Waals surface area contributed by atoms with Crippen molar-refractivity contribution in [2.24, 2.45) is 0 Å². The SMILES string of the molecule is CC(C)c1ccc(-c2cnnn2C(C)C(=O)O)cc1. The van der Waals surface area contributed by atoms with Crippen molar-refractivity contribution in [3.63, 3.8) is 0 Å². The Bertz CT molecular complexity index is 573. The van der Waals surface area contributed by atoms with Crippen LogP contribution in [0.4, 0.5) is 0 Å². The van der Waals surface area contributed by atoms with Crippen molar-refractivity contribution in [2.75, 3.05) is 0 Å². The second kappa shape index (κ2) is 5.22. The summed E-state index contributed by atoms with van der Waals surface area (Å²) in [6.07, 6.45) is 1.59. The summed E-state index contributed by atoms with van der Waals surface area (Å²) in [7, 11) is 0. The first-order valence-electron chi connectivity index (χ1n) is 6.24. The van der Waals surface area contributed by atoms with E-state index in [4.69, 9.17) is 5.11 Å². The lowest BCUT2D eigenvalue weighted by molar-refractivity contribution is -0.140.